The summed E-state index contributed by atoms with van der Waals surface area (Å²) in [5.41, 5.74) is 4.34. The quantitative estimate of drug-likeness (QED) is 0.526. The van der Waals surface area contributed by atoms with Crippen LogP contribution in [0.4, 0.5) is 0 Å². The van der Waals surface area contributed by atoms with Crippen molar-refractivity contribution >= 4 is 11.0 Å². The third-order valence-corrected chi connectivity index (χ3v) is 3.48. The summed E-state index contributed by atoms with van der Waals surface area (Å²) in [5.74, 6) is 0. The van der Waals surface area contributed by atoms with Crippen molar-refractivity contribution < 1.29 is 4.57 Å². The number of hydrogen-bond acceptors (Lipinski definition) is 2. The van der Waals surface area contributed by atoms with E-state index in [4.69, 9.17) is 0 Å². The first-order valence-corrected chi connectivity index (χ1v) is 6.76. The summed E-state index contributed by atoms with van der Waals surface area (Å²) in [5, 5.41) is 0. The molecule has 0 amide bonds. The fourth-order valence-electron chi connectivity index (χ4n) is 2.52. The molecule has 4 nitrogen and oxygen atoms in total. The highest BCUT2D eigenvalue weighted by Gasteiger charge is 2.18. The summed E-state index contributed by atoms with van der Waals surface area (Å²) < 4.78 is 4.27. The van der Waals surface area contributed by atoms with Gasteiger partial charge in [-0.15, -0.1) is 0 Å². The Morgan fingerprint density at radius 3 is 2.38 bits per heavy atom. The van der Waals surface area contributed by atoms with Gasteiger partial charge in [0.25, 0.3) is 6.33 Å². The van der Waals surface area contributed by atoms with Gasteiger partial charge in [0.2, 0.25) is 0 Å². The Hall–Kier alpha value is -3.01. The third-order valence-electron chi connectivity index (χ3n) is 3.48. The maximum absolute atomic E-state index is 4.21. The van der Waals surface area contributed by atoms with Gasteiger partial charge in [0.1, 0.15) is 0 Å². The van der Waals surface area contributed by atoms with Crippen LogP contribution in [0.25, 0.3) is 22.4 Å². The number of imidazole rings is 1. The Morgan fingerprint density at radius 1 is 0.810 bits per heavy atom. The number of rotatable bonds is 2. The monoisotopic (exact) mass is 273 g/mol. The number of benzene rings is 1. The van der Waals surface area contributed by atoms with Crippen LogP contribution < -0.4 is 4.57 Å². The van der Waals surface area contributed by atoms with Crippen LogP contribution in [0.1, 0.15) is 0 Å². The average Bonchev–Trinajstić information content (AvgIpc) is 2.96. The molecule has 100 valence electrons. The van der Waals surface area contributed by atoms with Crippen LogP contribution in [-0.4, -0.2) is 14.5 Å². The normalized spacial score (nSPS) is 10.9. The van der Waals surface area contributed by atoms with E-state index in [1.54, 1.807) is 12.4 Å². The highest BCUT2D eigenvalue weighted by Crippen LogP contribution is 2.17. The highest BCUT2D eigenvalue weighted by molar-refractivity contribution is 5.74. The number of para-hydroxylation sites is 2. The molecular formula is C17H13N4+. The van der Waals surface area contributed by atoms with Gasteiger partial charge in [-0.2, -0.15) is 9.13 Å². The maximum atomic E-state index is 4.21. The summed E-state index contributed by atoms with van der Waals surface area (Å²) in [6.07, 6.45) is 9.35. The largest absolute Gasteiger partial charge is 0.260 e. The molecule has 0 fully saturated rings. The molecular weight excluding hydrogens is 260 g/mol. The lowest BCUT2D eigenvalue weighted by Crippen LogP contribution is -2.28. The third kappa shape index (κ3) is 1.97. The van der Waals surface area contributed by atoms with Crippen molar-refractivity contribution in [3.05, 3.63) is 79.6 Å². The summed E-state index contributed by atoms with van der Waals surface area (Å²) >= 11 is 0. The number of hydrogen-bond donors (Lipinski definition) is 0. The molecule has 4 rings (SSSR count). The SMILES string of the molecule is c1cncc(-n2c[n+](-c3cccnc3)c3ccccc32)c1. The van der Waals surface area contributed by atoms with Gasteiger partial charge in [0.15, 0.2) is 22.4 Å². The number of nitrogens with zero attached hydrogens (tertiary/aromatic N) is 4. The zero-order chi connectivity index (χ0) is 14.1. The van der Waals surface area contributed by atoms with Crippen molar-refractivity contribution in [2.75, 3.05) is 0 Å². The van der Waals surface area contributed by atoms with Gasteiger partial charge in [0.05, 0.1) is 12.4 Å². The Balaban J connectivity index is 2.02. The molecule has 3 heterocycles. The van der Waals surface area contributed by atoms with Crippen LogP contribution in [0, 0.1) is 0 Å². The molecule has 0 N–H and O–H groups in total. The van der Waals surface area contributed by atoms with Crippen LogP contribution in [0.15, 0.2) is 79.6 Å². The zero-order valence-corrected chi connectivity index (χ0v) is 11.3. The van der Waals surface area contributed by atoms with Crippen LogP contribution in [0.2, 0.25) is 0 Å². The molecule has 0 saturated heterocycles. The first-order chi connectivity index (χ1) is 10.4. The van der Waals surface area contributed by atoms with E-state index in [0.717, 1.165) is 22.4 Å². The Kier molecular flexibility index (Phi) is 2.71. The van der Waals surface area contributed by atoms with Crippen molar-refractivity contribution in [1.82, 2.24) is 14.5 Å². The van der Waals surface area contributed by atoms with E-state index in [1.807, 2.05) is 48.8 Å². The van der Waals surface area contributed by atoms with Crippen LogP contribution in [-0.2, 0) is 0 Å². The van der Waals surface area contributed by atoms with E-state index in [0.29, 0.717) is 0 Å². The molecule has 0 radical (unpaired) electrons. The summed E-state index contributed by atoms with van der Waals surface area (Å²) in [6, 6.07) is 16.3. The van der Waals surface area contributed by atoms with Gasteiger partial charge < -0.3 is 0 Å². The molecule has 21 heavy (non-hydrogen) atoms. The Bertz CT molecular complexity index is 809. The highest BCUT2D eigenvalue weighted by atomic mass is 15.1. The zero-order valence-electron chi connectivity index (χ0n) is 11.3. The van der Waals surface area contributed by atoms with Gasteiger partial charge in [0, 0.05) is 12.4 Å². The van der Waals surface area contributed by atoms with Crippen molar-refractivity contribution in [3.63, 3.8) is 0 Å². The van der Waals surface area contributed by atoms with Crippen molar-refractivity contribution in [2.45, 2.75) is 0 Å². The summed E-state index contributed by atoms with van der Waals surface area (Å²) in [7, 11) is 0. The molecule has 0 saturated carbocycles. The van der Waals surface area contributed by atoms with Gasteiger partial charge in [-0.1, -0.05) is 12.1 Å². The topological polar surface area (TPSA) is 34.6 Å². The molecule has 0 unspecified atom stereocenters. The molecule has 3 aromatic heterocycles. The second kappa shape index (κ2) is 4.83. The van der Waals surface area contributed by atoms with E-state index in [1.165, 1.54) is 0 Å². The lowest BCUT2D eigenvalue weighted by molar-refractivity contribution is -0.568. The van der Waals surface area contributed by atoms with E-state index < -0.39 is 0 Å². The molecule has 0 spiro atoms. The molecule has 0 aliphatic carbocycles. The molecule has 0 aliphatic heterocycles. The number of aromatic nitrogens is 4. The van der Waals surface area contributed by atoms with Gasteiger partial charge >= 0.3 is 0 Å². The van der Waals surface area contributed by atoms with Gasteiger partial charge in [-0.3, -0.25) is 9.97 Å². The predicted molar refractivity (Wildman–Crippen MR) is 80.4 cm³/mol. The minimum atomic E-state index is 1.04. The molecule has 1 aromatic carbocycles. The average molecular weight is 273 g/mol. The number of pyridine rings is 2. The summed E-state index contributed by atoms with van der Waals surface area (Å²) in [4.78, 5) is 8.41. The standard InChI is InChI=1S/C17H13N4/c1-2-8-17-16(7-1)20(14-5-3-9-18-11-14)13-21(17)15-6-4-10-19-12-15/h1-13H/q+1. The van der Waals surface area contributed by atoms with Crippen molar-refractivity contribution in [1.29, 1.82) is 0 Å². The first-order valence-electron chi connectivity index (χ1n) is 6.76. The van der Waals surface area contributed by atoms with Crippen molar-refractivity contribution in [2.24, 2.45) is 0 Å². The van der Waals surface area contributed by atoms with Crippen LogP contribution in [0.3, 0.4) is 0 Å². The first kappa shape index (κ1) is 11.8. The Labute approximate surface area is 122 Å². The number of fused-ring (bicyclic) bond motifs is 1. The van der Waals surface area contributed by atoms with E-state index in [-0.39, 0.29) is 0 Å². The van der Waals surface area contributed by atoms with Crippen molar-refractivity contribution in [3.8, 4) is 11.4 Å². The second-order valence-electron chi connectivity index (χ2n) is 4.77. The molecule has 4 aromatic rings. The maximum Gasteiger partial charge on any atom is 0.255 e. The predicted octanol–water partition coefficient (Wildman–Crippen LogP) is 2.70. The minimum absolute atomic E-state index is 1.04. The van der Waals surface area contributed by atoms with E-state index in [9.17, 15) is 0 Å². The van der Waals surface area contributed by atoms with Gasteiger partial charge in [-0.05, 0) is 36.4 Å². The second-order valence-corrected chi connectivity index (χ2v) is 4.77. The molecule has 0 bridgehead atoms. The van der Waals surface area contributed by atoms with Gasteiger partial charge in [-0.25, -0.2) is 0 Å². The summed E-state index contributed by atoms with van der Waals surface area (Å²) in [6.45, 7) is 0. The lowest BCUT2D eigenvalue weighted by Gasteiger charge is -1.94. The van der Waals surface area contributed by atoms with Crippen LogP contribution >= 0.6 is 0 Å². The Morgan fingerprint density at radius 2 is 1.62 bits per heavy atom. The van der Waals surface area contributed by atoms with Crippen LogP contribution in [0.5, 0.6) is 0 Å². The molecule has 4 heteroatoms. The molecule has 0 aliphatic rings. The van der Waals surface area contributed by atoms with E-state index >= 15 is 0 Å². The van der Waals surface area contributed by atoms with E-state index in [2.05, 4.69) is 37.6 Å². The fourth-order valence-corrected chi connectivity index (χ4v) is 2.52. The lowest BCUT2D eigenvalue weighted by atomic mass is 10.3. The smallest absolute Gasteiger partial charge is 0.255 e. The molecule has 0 atom stereocenters. The minimum Gasteiger partial charge on any atom is -0.260 e. The fraction of sp³-hybridized carbons (Fsp3) is 0.